The summed E-state index contributed by atoms with van der Waals surface area (Å²) in [4.78, 5) is 14.7. The van der Waals surface area contributed by atoms with Gasteiger partial charge in [-0.3, -0.25) is 4.79 Å². The van der Waals surface area contributed by atoms with Crippen LogP contribution in [0.15, 0.2) is 33.5 Å². The SMILES string of the molecule is Cc1cc(-c2cc(Br)ccc2OCCCCC#N)c(C#N)c(=O)[nH]1. The predicted octanol–water partition coefficient (Wildman–Crippen LogP) is 4.06. The van der Waals surface area contributed by atoms with Crippen molar-refractivity contribution in [2.24, 2.45) is 0 Å². The zero-order chi connectivity index (χ0) is 17.5. The molecule has 5 nitrogen and oxygen atoms in total. The van der Waals surface area contributed by atoms with E-state index in [0.717, 1.165) is 17.3 Å². The van der Waals surface area contributed by atoms with E-state index in [1.54, 1.807) is 19.1 Å². The van der Waals surface area contributed by atoms with Gasteiger partial charge in [-0.05, 0) is 44.0 Å². The Morgan fingerprint density at radius 1 is 1.21 bits per heavy atom. The molecule has 0 amide bonds. The summed E-state index contributed by atoms with van der Waals surface area (Å²) in [5.41, 5.74) is 1.57. The number of hydrogen-bond donors (Lipinski definition) is 1. The van der Waals surface area contributed by atoms with Crippen LogP contribution < -0.4 is 10.3 Å². The highest BCUT2D eigenvalue weighted by Gasteiger charge is 2.15. The first kappa shape index (κ1) is 17.8. The summed E-state index contributed by atoms with van der Waals surface area (Å²) in [5, 5.41) is 17.9. The van der Waals surface area contributed by atoms with Gasteiger partial charge in [0.05, 0.1) is 12.7 Å². The Balaban J connectivity index is 2.40. The summed E-state index contributed by atoms with van der Waals surface area (Å²) in [6.07, 6.45) is 2.04. The number of nitrogens with one attached hydrogen (secondary N) is 1. The Hall–Kier alpha value is -2.57. The number of aromatic amines is 1. The normalized spacial score (nSPS) is 10.0. The van der Waals surface area contributed by atoms with Crippen LogP contribution >= 0.6 is 15.9 Å². The third-order valence-corrected chi connectivity index (χ3v) is 3.95. The Morgan fingerprint density at radius 3 is 2.71 bits per heavy atom. The van der Waals surface area contributed by atoms with Crippen molar-refractivity contribution in [3.63, 3.8) is 0 Å². The summed E-state index contributed by atoms with van der Waals surface area (Å²) in [5.74, 6) is 0.608. The largest absolute Gasteiger partial charge is 0.493 e. The molecule has 0 aliphatic carbocycles. The lowest BCUT2D eigenvalue weighted by molar-refractivity contribution is 0.309. The summed E-state index contributed by atoms with van der Waals surface area (Å²) < 4.78 is 6.65. The summed E-state index contributed by atoms with van der Waals surface area (Å²) in [6.45, 7) is 2.24. The average Bonchev–Trinajstić information content (AvgIpc) is 2.55. The molecule has 1 N–H and O–H groups in total. The minimum absolute atomic E-state index is 0.0630. The Kier molecular flexibility index (Phi) is 6.17. The van der Waals surface area contributed by atoms with E-state index in [9.17, 15) is 10.1 Å². The number of H-pyrrole nitrogens is 1. The van der Waals surface area contributed by atoms with E-state index >= 15 is 0 Å². The van der Waals surface area contributed by atoms with Crippen LogP contribution in [-0.4, -0.2) is 11.6 Å². The van der Waals surface area contributed by atoms with Crippen LogP contribution in [0.3, 0.4) is 0 Å². The summed E-state index contributed by atoms with van der Waals surface area (Å²) in [6, 6.07) is 11.3. The molecule has 0 saturated heterocycles. The van der Waals surface area contributed by atoms with Gasteiger partial charge in [-0.25, -0.2) is 0 Å². The average molecular weight is 386 g/mol. The quantitative estimate of drug-likeness (QED) is 0.759. The Morgan fingerprint density at radius 2 is 2.00 bits per heavy atom. The van der Waals surface area contributed by atoms with Crippen LogP contribution in [0.5, 0.6) is 5.75 Å². The highest BCUT2D eigenvalue weighted by Crippen LogP contribution is 2.34. The number of halogens is 1. The molecule has 6 heteroatoms. The van der Waals surface area contributed by atoms with E-state index in [1.807, 2.05) is 18.2 Å². The first-order valence-corrected chi connectivity index (χ1v) is 8.30. The minimum Gasteiger partial charge on any atom is -0.493 e. The van der Waals surface area contributed by atoms with Crippen LogP contribution in [0.4, 0.5) is 0 Å². The Bertz CT molecular complexity index is 875. The van der Waals surface area contributed by atoms with Crippen molar-refractivity contribution in [3.8, 4) is 29.0 Å². The lowest BCUT2D eigenvalue weighted by Crippen LogP contribution is -2.13. The maximum Gasteiger partial charge on any atom is 0.266 e. The number of benzene rings is 1. The van der Waals surface area contributed by atoms with Gasteiger partial charge in [0.2, 0.25) is 0 Å². The van der Waals surface area contributed by atoms with Gasteiger partial charge in [0.1, 0.15) is 17.4 Å². The molecule has 24 heavy (non-hydrogen) atoms. The van der Waals surface area contributed by atoms with Gasteiger partial charge in [0.25, 0.3) is 5.56 Å². The minimum atomic E-state index is -0.410. The molecule has 0 atom stereocenters. The zero-order valence-corrected chi connectivity index (χ0v) is 14.8. The number of ether oxygens (including phenoxy) is 1. The zero-order valence-electron chi connectivity index (χ0n) is 13.2. The van der Waals surface area contributed by atoms with Crippen LogP contribution in [-0.2, 0) is 0 Å². The number of aromatic nitrogens is 1. The molecule has 0 aliphatic heterocycles. The molecule has 0 bridgehead atoms. The van der Waals surface area contributed by atoms with Crippen molar-refractivity contribution in [1.29, 1.82) is 10.5 Å². The third kappa shape index (κ3) is 4.24. The molecule has 2 rings (SSSR count). The molecule has 0 radical (unpaired) electrons. The molecule has 0 aliphatic rings. The second kappa shape index (κ2) is 8.33. The monoisotopic (exact) mass is 385 g/mol. The van der Waals surface area contributed by atoms with Gasteiger partial charge in [-0.1, -0.05) is 15.9 Å². The molecule has 0 unspecified atom stereocenters. The first-order valence-electron chi connectivity index (χ1n) is 7.50. The van der Waals surface area contributed by atoms with E-state index in [0.29, 0.717) is 35.6 Å². The molecule has 0 fully saturated rings. The summed E-state index contributed by atoms with van der Waals surface area (Å²) >= 11 is 3.42. The van der Waals surface area contributed by atoms with Gasteiger partial charge in [0, 0.05) is 27.7 Å². The smallest absolute Gasteiger partial charge is 0.266 e. The highest BCUT2D eigenvalue weighted by atomic mass is 79.9. The topological polar surface area (TPSA) is 89.7 Å². The maximum atomic E-state index is 12.0. The van der Waals surface area contributed by atoms with Gasteiger partial charge in [0.15, 0.2) is 0 Å². The van der Waals surface area contributed by atoms with E-state index in [1.165, 1.54) is 0 Å². The fourth-order valence-electron chi connectivity index (χ4n) is 2.34. The van der Waals surface area contributed by atoms with E-state index < -0.39 is 5.56 Å². The number of pyridine rings is 1. The molecule has 1 aromatic carbocycles. The van der Waals surface area contributed by atoms with Crippen molar-refractivity contribution in [2.45, 2.75) is 26.2 Å². The van der Waals surface area contributed by atoms with Crippen molar-refractivity contribution < 1.29 is 4.74 Å². The second-order valence-electron chi connectivity index (χ2n) is 5.29. The lowest BCUT2D eigenvalue weighted by Gasteiger charge is -2.13. The lowest BCUT2D eigenvalue weighted by atomic mass is 10.00. The number of unbranched alkanes of at least 4 members (excludes halogenated alkanes) is 2. The van der Waals surface area contributed by atoms with Crippen molar-refractivity contribution in [2.75, 3.05) is 6.61 Å². The molecule has 122 valence electrons. The number of aryl methyl sites for hydroxylation is 1. The number of hydrogen-bond acceptors (Lipinski definition) is 4. The molecule has 0 saturated carbocycles. The molecule has 0 spiro atoms. The van der Waals surface area contributed by atoms with E-state index in [4.69, 9.17) is 10.00 Å². The third-order valence-electron chi connectivity index (χ3n) is 3.45. The predicted molar refractivity (Wildman–Crippen MR) is 94.6 cm³/mol. The van der Waals surface area contributed by atoms with Gasteiger partial charge in [-0.15, -0.1) is 0 Å². The standard InChI is InChI=1S/C18H16BrN3O2/c1-12-9-14(16(11-21)18(23)22-12)15-10-13(19)5-6-17(15)24-8-4-2-3-7-20/h5-6,9-10H,2-4,8H2,1H3,(H,22,23). The van der Waals surface area contributed by atoms with Crippen LogP contribution in [0.2, 0.25) is 0 Å². The van der Waals surface area contributed by atoms with Crippen LogP contribution in [0, 0.1) is 29.6 Å². The summed E-state index contributed by atoms with van der Waals surface area (Å²) in [7, 11) is 0. The first-order chi connectivity index (χ1) is 11.6. The van der Waals surface area contributed by atoms with Crippen LogP contribution in [0.1, 0.15) is 30.5 Å². The Labute approximate surface area is 148 Å². The second-order valence-corrected chi connectivity index (χ2v) is 6.20. The molecular formula is C18H16BrN3O2. The van der Waals surface area contributed by atoms with E-state index in [-0.39, 0.29) is 5.56 Å². The highest BCUT2D eigenvalue weighted by molar-refractivity contribution is 9.10. The number of rotatable bonds is 6. The van der Waals surface area contributed by atoms with Crippen LogP contribution in [0.25, 0.3) is 11.1 Å². The molecule has 2 aromatic rings. The van der Waals surface area contributed by atoms with Gasteiger partial charge < -0.3 is 9.72 Å². The fraction of sp³-hybridized carbons (Fsp3) is 0.278. The van der Waals surface area contributed by atoms with E-state index in [2.05, 4.69) is 27.0 Å². The maximum absolute atomic E-state index is 12.0. The number of nitrogens with zero attached hydrogens (tertiary/aromatic N) is 2. The van der Waals surface area contributed by atoms with Crippen molar-refractivity contribution in [1.82, 2.24) is 4.98 Å². The molecular weight excluding hydrogens is 370 g/mol. The number of nitriles is 2. The van der Waals surface area contributed by atoms with Crippen molar-refractivity contribution >= 4 is 15.9 Å². The van der Waals surface area contributed by atoms with Gasteiger partial charge in [-0.2, -0.15) is 10.5 Å². The molecule has 1 heterocycles. The fourth-order valence-corrected chi connectivity index (χ4v) is 2.70. The van der Waals surface area contributed by atoms with Crippen molar-refractivity contribution in [3.05, 3.63) is 50.3 Å². The molecule has 1 aromatic heterocycles. The van der Waals surface area contributed by atoms with Gasteiger partial charge >= 0.3 is 0 Å².